The predicted octanol–water partition coefficient (Wildman–Crippen LogP) is -0.787. The van der Waals surface area contributed by atoms with Gasteiger partial charge in [0.25, 0.3) is 6.47 Å². The number of ether oxygens (including phenoxy) is 3. The lowest BCUT2D eigenvalue weighted by Gasteiger charge is -2.28. The van der Waals surface area contributed by atoms with E-state index in [1.54, 1.807) is 0 Å². The second kappa shape index (κ2) is 8.53. The first-order chi connectivity index (χ1) is 12.3. The van der Waals surface area contributed by atoms with Crippen LogP contribution in [0.1, 0.15) is 6.92 Å². The summed E-state index contributed by atoms with van der Waals surface area (Å²) >= 11 is 0. The lowest BCUT2D eigenvalue weighted by molar-refractivity contribution is -0.174. The van der Waals surface area contributed by atoms with Crippen LogP contribution in [0.5, 0.6) is 0 Å². The van der Waals surface area contributed by atoms with Gasteiger partial charge in [0.2, 0.25) is 0 Å². The summed E-state index contributed by atoms with van der Waals surface area (Å²) in [5.41, 5.74) is -2.06. The normalized spacial score (nSPS) is 13.5. The van der Waals surface area contributed by atoms with Crippen LogP contribution in [-0.4, -0.2) is 74.7 Å². The van der Waals surface area contributed by atoms with Gasteiger partial charge in [-0.05, 0) is 6.92 Å². The molecule has 0 bridgehead atoms. The zero-order valence-corrected chi connectivity index (χ0v) is 15.1. The Balaban J connectivity index is 5.32. The van der Waals surface area contributed by atoms with Crippen LogP contribution in [0.15, 0.2) is 0 Å². The summed E-state index contributed by atoms with van der Waals surface area (Å²) in [4.78, 5) is 32.4. The quantitative estimate of drug-likeness (QED) is 0.128. The van der Waals surface area contributed by atoms with E-state index < -0.39 is 67.9 Å². The van der Waals surface area contributed by atoms with E-state index in [0.717, 1.165) is 6.92 Å². The molecule has 0 aromatic carbocycles. The minimum absolute atomic E-state index is 0.235. The Bertz CT molecular complexity index is 759. The van der Waals surface area contributed by atoms with Crippen LogP contribution in [-0.2, 0) is 48.8 Å². The highest BCUT2D eigenvalue weighted by molar-refractivity contribution is 7.88. The third kappa shape index (κ3) is 6.24. The van der Waals surface area contributed by atoms with Crippen molar-refractivity contribution in [2.75, 3.05) is 19.8 Å². The average molecular weight is 464 g/mol. The Kier molecular flexibility index (Phi) is 7.91. The van der Waals surface area contributed by atoms with E-state index >= 15 is 0 Å². The number of halogens is 4. The first kappa shape index (κ1) is 26.0. The fourth-order valence-corrected chi connectivity index (χ4v) is 1.76. The van der Waals surface area contributed by atoms with Gasteiger partial charge in [-0.3, -0.25) is 13.9 Å². The van der Waals surface area contributed by atoms with Crippen molar-refractivity contribution in [2.45, 2.75) is 17.4 Å². The van der Waals surface area contributed by atoms with E-state index in [-0.39, 0.29) is 6.47 Å². The van der Waals surface area contributed by atoms with E-state index in [0.29, 0.717) is 0 Å². The van der Waals surface area contributed by atoms with Crippen molar-refractivity contribution in [3.63, 3.8) is 0 Å². The largest absolute Gasteiger partial charge is 0.467 e. The van der Waals surface area contributed by atoms with Crippen LogP contribution >= 0.6 is 0 Å². The van der Waals surface area contributed by atoms with Gasteiger partial charge in [-0.15, -0.1) is 0 Å². The summed E-state index contributed by atoms with van der Waals surface area (Å²) in [6.07, 6.45) is 0. The molecule has 0 atom stereocenters. The first-order valence-electron chi connectivity index (χ1n) is 6.41. The molecular formula is C10H12F4O12S2. The fourth-order valence-electron chi connectivity index (χ4n) is 1.22. The molecule has 0 saturated heterocycles. The molecule has 0 saturated carbocycles. The van der Waals surface area contributed by atoms with Crippen LogP contribution in [0, 0.1) is 5.41 Å². The van der Waals surface area contributed by atoms with Crippen molar-refractivity contribution in [3.05, 3.63) is 0 Å². The maximum absolute atomic E-state index is 13.1. The molecule has 12 nitrogen and oxygen atoms in total. The zero-order chi connectivity index (χ0) is 22.6. The number of alkyl halides is 4. The van der Waals surface area contributed by atoms with Gasteiger partial charge in [-0.1, -0.05) is 0 Å². The molecule has 0 unspecified atom stereocenters. The van der Waals surface area contributed by atoms with Crippen molar-refractivity contribution in [2.24, 2.45) is 5.41 Å². The molecule has 2 N–H and O–H groups in total. The van der Waals surface area contributed by atoms with E-state index in [1.165, 1.54) is 0 Å². The Morgan fingerprint density at radius 3 is 1.43 bits per heavy atom. The number of rotatable bonds is 11. The second-order valence-electron chi connectivity index (χ2n) is 5.35. The molecule has 0 fully saturated rings. The van der Waals surface area contributed by atoms with Crippen LogP contribution in [0.2, 0.25) is 0 Å². The molecule has 0 rings (SSSR count). The predicted molar refractivity (Wildman–Crippen MR) is 75.0 cm³/mol. The summed E-state index contributed by atoms with van der Waals surface area (Å²) < 4.78 is 122. The minimum atomic E-state index is -6.22. The highest BCUT2D eigenvalue weighted by Gasteiger charge is 2.56. The van der Waals surface area contributed by atoms with E-state index in [2.05, 4.69) is 14.2 Å². The molecule has 18 heteroatoms. The molecule has 0 aliphatic rings. The molecular weight excluding hydrogens is 452 g/mol. The lowest BCUT2D eigenvalue weighted by atomic mass is 9.94. The van der Waals surface area contributed by atoms with Crippen LogP contribution < -0.4 is 0 Å². The minimum Gasteiger partial charge on any atom is -0.467 e. The van der Waals surface area contributed by atoms with Gasteiger partial charge in [-0.25, -0.2) is 9.59 Å². The van der Waals surface area contributed by atoms with E-state index in [4.69, 9.17) is 9.11 Å². The van der Waals surface area contributed by atoms with Crippen LogP contribution in [0.4, 0.5) is 17.6 Å². The van der Waals surface area contributed by atoms with Gasteiger partial charge in [0.1, 0.15) is 19.8 Å². The van der Waals surface area contributed by atoms with Crippen molar-refractivity contribution < 1.29 is 72.1 Å². The number of esters is 2. The van der Waals surface area contributed by atoms with Crippen molar-refractivity contribution in [1.29, 1.82) is 0 Å². The Labute approximate surface area is 154 Å². The molecule has 0 spiro atoms. The zero-order valence-electron chi connectivity index (χ0n) is 13.5. The third-order valence-electron chi connectivity index (χ3n) is 2.73. The maximum atomic E-state index is 13.1. The van der Waals surface area contributed by atoms with Crippen molar-refractivity contribution >= 4 is 38.6 Å². The van der Waals surface area contributed by atoms with E-state index in [9.17, 15) is 48.8 Å². The van der Waals surface area contributed by atoms with Gasteiger partial charge in [0.05, 0.1) is 5.41 Å². The SMILES string of the molecule is CC(COC=O)(COC(=O)C(F)(F)S(=O)(=O)O)COC(=O)C(F)(F)S(=O)(=O)O. The topological polar surface area (TPSA) is 188 Å². The highest BCUT2D eigenvalue weighted by Crippen LogP contribution is 2.27. The van der Waals surface area contributed by atoms with Crippen LogP contribution in [0.25, 0.3) is 0 Å². The molecule has 0 aliphatic heterocycles. The molecule has 0 aromatic heterocycles. The summed E-state index contributed by atoms with van der Waals surface area (Å²) in [5, 5.41) is -10.8. The maximum Gasteiger partial charge on any atom is 0.465 e. The summed E-state index contributed by atoms with van der Waals surface area (Å²) in [6.45, 7) is -3.01. The smallest absolute Gasteiger partial charge is 0.465 e. The van der Waals surface area contributed by atoms with Crippen molar-refractivity contribution in [3.8, 4) is 0 Å². The first-order valence-corrected chi connectivity index (χ1v) is 9.29. The highest BCUT2D eigenvalue weighted by atomic mass is 32.2. The molecule has 0 heterocycles. The monoisotopic (exact) mass is 464 g/mol. The summed E-state index contributed by atoms with van der Waals surface area (Å²) in [7, 11) is -12.4. The van der Waals surface area contributed by atoms with Gasteiger partial charge >= 0.3 is 42.7 Å². The molecule has 0 aliphatic carbocycles. The molecule has 0 aromatic rings. The Morgan fingerprint density at radius 1 is 0.857 bits per heavy atom. The fraction of sp³-hybridized carbons (Fsp3) is 0.700. The molecule has 28 heavy (non-hydrogen) atoms. The van der Waals surface area contributed by atoms with Gasteiger partial charge in [-0.2, -0.15) is 34.4 Å². The summed E-state index contributed by atoms with van der Waals surface area (Å²) in [6, 6.07) is 0. The van der Waals surface area contributed by atoms with Crippen LogP contribution in [0.3, 0.4) is 0 Å². The average Bonchev–Trinajstić information content (AvgIpc) is 2.53. The third-order valence-corrected chi connectivity index (χ3v) is 4.36. The van der Waals surface area contributed by atoms with Gasteiger partial charge < -0.3 is 14.2 Å². The Hall–Kier alpha value is -2.05. The Morgan fingerprint density at radius 2 is 1.18 bits per heavy atom. The number of hydrogen-bond donors (Lipinski definition) is 2. The summed E-state index contributed by atoms with van der Waals surface area (Å²) in [5.74, 6) is -5.61. The lowest BCUT2D eigenvalue weighted by Crippen LogP contribution is -2.44. The standard InChI is InChI=1S/C10H12F4O12S2/c1-8(2-24-5-15,3-25-6(16)9(11,12)27(18,19)20)4-26-7(17)10(13,14)28(21,22)23/h5H,2-4H2,1H3,(H,18,19,20)(H,21,22,23). The molecule has 164 valence electrons. The van der Waals surface area contributed by atoms with E-state index in [1.807, 2.05) is 0 Å². The molecule has 0 amide bonds. The van der Waals surface area contributed by atoms with Gasteiger partial charge in [0.15, 0.2) is 0 Å². The molecule has 0 radical (unpaired) electrons. The second-order valence-corrected chi connectivity index (χ2v) is 8.28. The van der Waals surface area contributed by atoms with Crippen molar-refractivity contribution in [1.82, 2.24) is 0 Å². The van der Waals surface area contributed by atoms with Gasteiger partial charge in [0, 0.05) is 0 Å². The number of hydrogen-bond acceptors (Lipinski definition) is 10. The number of carbonyl (C=O) groups excluding carboxylic acids is 3. The number of carbonyl (C=O) groups is 3.